The summed E-state index contributed by atoms with van der Waals surface area (Å²) in [5.41, 5.74) is 2.09. The number of hydrogen-bond acceptors (Lipinski definition) is 4. The molecule has 3 aromatic rings. The second-order valence-corrected chi connectivity index (χ2v) is 5.31. The van der Waals surface area contributed by atoms with Gasteiger partial charge in [-0.15, -0.1) is 17.9 Å². The van der Waals surface area contributed by atoms with E-state index in [1.165, 1.54) is 0 Å². The van der Waals surface area contributed by atoms with E-state index in [2.05, 4.69) is 34.2 Å². The van der Waals surface area contributed by atoms with E-state index in [0.29, 0.717) is 12.3 Å². The smallest absolute Gasteiger partial charge is 0.206 e. The number of aromatic nitrogens is 1. The Morgan fingerprint density at radius 3 is 2.77 bits per heavy atom. The lowest BCUT2D eigenvalue weighted by atomic mass is 10.2. The average molecular weight is 309 g/mol. The molecule has 0 fully saturated rings. The minimum absolute atomic E-state index is 0.561. The van der Waals surface area contributed by atoms with E-state index in [1.54, 1.807) is 29.9 Å². The van der Waals surface area contributed by atoms with Crippen molar-refractivity contribution in [1.29, 1.82) is 0 Å². The Bertz CT molecular complexity index is 826. The van der Waals surface area contributed by atoms with E-state index in [9.17, 15) is 0 Å². The Morgan fingerprint density at radius 1 is 1.18 bits per heavy atom. The van der Waals surface area contributed by atoms with Crippen LogP contribution < -0.4 is 4.80 Å². The maximum atomic E-state index is 5.29. The Balaban J connectivity index is 2.07. The van der Waals surface area contributed by atoms with Crippen LogP contribution in [0, 0.1) is 0 Å². The molecule has 0 aliphatic heterocycles. The van der Waals surface area contributed by atoms with Crippen molar-refractivity contribution in [3.63, 3.8) is 0 Å². The first-order valence-corrected chi connectivity index (χ1v) is 7.71. The van der Waals surface area contributed by atoms with Gasteiger partial charge >= 0.3 is 0 Å². The van der Waals surface area contributed by atoms with Gasteiger partial charge in [0, 0.05) is 10.9 Å². The lowest BCUT2D eigenvalue weighted by Gasteiger charge is -2.02. The molecule has 0 unspecified atom stereocenters. The van der Waals surface area contributed by atoms with Crippen molar-refractivity contribution in [1.82, 2.24) is 4.68 Å². The minimum Gasteiger partial charge on any atom is -0.463 e. The molecule has 110 valence electrons. The molecule has 0 saturated heterocycles. The number of benzene rings is 1. The van der Waals surface area contributed by atoms with Gasteiger partial charge in [-0.1, -0.05) is 36.4 Å². The molecule has 0 atom stereocenters. The first-order valence-electron chi connectivity index (χ1n) is 6.83. The zero-order valence-corrected chi connectivity index (χ0v) is 12.7. The molecule has 1 aromatic carbocycles. The fourth-order valence-electron chi connectivity index (χ4n) is 1.95. The minimum atomic E-state index is 0.561. The highest BCUT2D eigenvalue weighted by Crippen LogP contribution is 2.19. The molecule has 2 aromatic heterocycles. The van der Waals surface area contributed by atoms with Crippen LogP contribution in [-0.2, 0) is 0 Å². The van der Waals surface area contributed by atoms with Crippen molar-refractivity contribution in [2.75, 3.05) is 6.54 Å². The Hall–Kier alpha value is -2.66. The van der Waals surface area contributed by atoms with Gasteiger partial charge in [0.05, 0.1) is 24.7 Å². The fourth-order valence-corrected chi connectivity index (χ4v) is 2.80. The molecule has 22 heavy (non-hydrogen) atoms. The second-order valence-electron chi connectivity index (χ2n) is 4.47. The summed E-state index contributed by atoms with van der Waals surface area (Å²) in [6.45, 7) is 4.27. The van der Waals surface area contributed by atoms with E-state index in [-0.39, 0.29) is 0 Å². The highest BCUT2D eigenvalue weighted by molar-refractivity contribution is 7.07. The van der Waals surface area contributed by atoms with Crippen LogP contribution in [0.5, 0.6) is 0 Å². The zero-order valence-electron chi connectivity index (χ0n) is 11.9. The van der Waals surface area contributed by atoms with E-state index >= 15 is 0 Å². The summed E-state index contributed by atoms with van der Waals surface area (Å²) in [5.74, 6) is 0.701. The zero-order chi connectivity index (χ0) is 15.2. The van der Waals surface area contributed by atoms with Crippen LogP contribution in [0.15, 0.2) is 81.3 Å². The van der Waals surface area contributed by atoms with Crippen molar-refractivity contribution in [3.05, 3.63) is 77.3 Å². The van der Waals surface area contributed by atoms with Gasteiger partial charge in [-0.25, -0.2) is 4.68 Å². The Kier molecular flexibility index (Phi) is 4.46. The molecule has 0 bridgehead atoms. The summed E-state index contributed by atoms with van der Waals surface area (Å²) in [6.07, 6.45) is 5.08. The predicted octanol–water partition coefficient (Wildman–Crippen LogP) is 3.78. The molecule has 0 spiro atoms. The number of rotatable bonds is 5. The van der Waals surface area contributed by atoms with Gasteiger partial charge in [-0.2, -0.15) is 5.10 Å². The van der Waals surface area contributed by atoms with Crippen LogP contribution in [0.3, 0.4) is 0 Å². The van der Waals surface area contributed by atoms with E-state index in [1.807, 2.05) is 35.0 Å². The summed E-state index contributed by atoms with van der Waals surface area (Å²) >= 11 is 1.55. The molecule has 0 N–H and O–H groups in total. The van der Waals surface area contributed by atoms with Crippen LogP contribution in [0.25, 0.3) is 11.3 Å². The van der Waals surface area contributed by atoms with Gasteiger partial charge in [0.25, 0.3) is 0 Å². The highest BCUT2D eigenvalue weighted by atomic mass is 32.1. The van der Waals surface area contributed by atoms with E-state index in [4.69, 9.17) is 4.42 Å². The van der Waals surface area contributed by atoms with Gasteiger partial charge in [-0.05, 0) is 12.1 Å². The molecule has 2 heterocycles. The average Bonchev–Trinajstić information content (AvgIpc) is 3.21. The maximum absolute atomic E-state index is 5.29. The van der Waals surface area contributed by atoms with Crippen LogP contribution in [0.2, 0.25) is 0 Å². The van der Waals surface area contributed by atoms with Crippen molar-refractivity contribution in [3.8, 4) is 11.3 Å². The lowest BCUT2D eigenvalue weighted by molar-refractivity contribution is 0.559. The second kappa shape index (κ2) is 6.87. The van der Waals surface area contributed by atoms with Crippen LogP contribution in [-0.4, -0.2) is 17.4 Å². The monoisotopic (exact) mass is 309 g/mol. The number of furan rings is 1. The molecule has 0 aliphatic carbocycles. The standard InChI is InChI=1S/C17H15N3OS/c1-2-10-18-17-20(19-12-15-9-6-11-21-15)16(13-22-17)14-7-4-3-5-8-14/h2-9,11-13H,1,10H2. The largest absolute Gasteiger partial charge is 0.463 e. The summed E-state index contributed by atoms with van der Waals surface area (Å²) in [7, 11) is 0. The molecule has 4 nitrogen and oxygen atoms in total. The summed E-state index contributed by atoms with van der Waals surface area (Å²) in [5, 5.41) is 6.57. The van der Waals surface area contributed by atoms with Gasteiger partial charge < -0.3 is 4.42 Å². The quantitative estimate of drug-likeness (QED) is 0.522. The molecular weight excluding hydrogens is 294 g/mol. The summed E-state index contributed by atoms with van der Waals surface area (Å²) < 4.78 is 7.12. The van der Waals surface area contributed by atoms with Crippen LogP contribution >= 0.6 is 11.3 Å². The normalized spacial score (nSPS) is 12.1. The molecule has 5 heteroatoms. The van der Waals surface area contributed by atoms with Gasteiger partial charge in [0.1, 0.15) is 5.76 Å². The SMILES string of the molecule is C=CCN=c1scc(-c2ccccc2)n1N=Cc1ccco1. The van der Waals surface area contributed by atoms with E-state index < -0.39 is 0 Å². The van der Waals surface area contributed by atoms with E-state index in [0.717, 1.165) is 16.1 Å². The van der Waals surface area contributed by atoms with Gasteiger partial charge in [-0.3, -0.25) is 4.99 Å². The van der Waals surface area contributed by atoms with Gasteiger partial charge in [0.2, 0.25) is 4.80 Å². The third-order valence-corrected chi connectivity index (χ3v) is 3.81. The molecule has 0 aliphatic rings. The number of thiazole rings is 1. The third kappa shape index (κ3) is 3.15. The molecule has 0 amide bonds. The topological polar surface area (TPSA) is 42.8 Å². The Morgan fingerprint density at radius 2 is 2.05 bits per heavy atom. The highest BCUT2D eigenvalue weighted by Gasteiger charge is 2.06. The molecule has 0 radical (unpaired) electrons. The molecule has 3 rings (SSSR count). The molecular formula is C17H15N3OS. The lowest BCUT2D eigenvalue weighted by Crippen LogP contribution is -2.12. The van der Waals surface area contributed by atoms with Crippen molar-refractivity contribution >= 4 is 17.6 Å². The third-order valence-electron chi connectivity index (χ3n) is 2.95. The van der Waals surface area contributed by atoms with Crippen LogP contribution in [0.4, 0.5) is 0 Å². The maximum Gasteiger partial charge on any atom is 0.206 e. The van der Waals surface area contributed by atoms with Crippen molar-refractivity contribution < 1.29 is 4.42 Å². The Labute approximate surface area is 132 Å². The van der Waals surface area contributed by atoms with Crippen LogP contribution in [0.1, 0.15) is 5.76 Å². The predicted molar refractivity (Wildman–Crippen MR) is 90.1 cm³/mol. The number of nitrogens with zero attached hydrogens (tertiary/aromatic N) is 3. The fraction of sp³-hybridized carbons (Fsp3) is 0.0588. The molecule has 0 saturated carbocycles. The van der Waals surface area contributed by atoms with Gasteiger partial charge in [0.15, 0.2) is 0 Å². The summed E-state index contributed by atoms with van der Waals surface area (Å²) in [4.78, 5) is 5.31. The van der Waals surface area contributed by atoms with Crippen molar-refractivity contribution in [2.45, 2.75) is 0 Å². The number of hydrogen-bond donors (Lipinski definition) is 0. The first-order chi connectivity index (χ1) is 10.9. The first kappa shape index (κ1) is 14.3. The van der Waals surface area contributed by atoms with Crippen molar-refractivity contribution in [2.24, 2.45) is 10.1 Å². The summed E-state index contributed by atoms with van der Waals surface area (Å²) in [6, 6.07) is 13.8.